The second-order valence-corrected chi connectivity index (χ2v) is 5.32. The summed E-state index contributed by atoms with van der Waals surface area (Å²) < 4.78 is 21.4. The van der Waals surface area contributed by atoms with Crippen LogP contribution in [0.1, 0.15) is 12.2 Å². The topological polar surface area (TPSA) is 110 Å². The fraction of sp³-hybridized carbons (Fsp3) is 0.556. The molecule has 0 aliphatic rings. The molecule has 0 fully saturated rings. The maximum atomic E-state index is 10.7. The van der Waals surface area contributed by atoms with E-state index in [4.69, 9.17) is 5.14 Å². The third-order valence-corrected chi connectivity index (χ3v) is 2.86. The molecule has 0 saturated heterocycles. The van der Waals surface area contributed by atoms with Crippen molar-refractivity contribution in [2.45, 2.75) is 13.3 Å². The molecule has 0 atom stereocenters. The van der Waals surface area contributed by atoms with Gasteiger partial charge in [0.15, 0.2) is 0 Å². The monoisotopic (exact) mass is 259 g/mol. The number of sulfonamides is 1. The quantitative estimate of drug-likeness (QED) is 0.616. The van der Waals surface area contributed by atoms with Crippen LogP contribution in [0, 0.1) is 6.92 Å². The lowest BCUT2D eigenvalue weighted by Gasteiger charge is -2.07. The van der Waals surface area contributed by atoms with E-state index in [0.717, 1.165) is 0 Å². The fourth-order valence-electron chi connectivity index (χ4n) is 1.28. The van der Waals surface area contributed by atoms with E-state index in [-0.39, 0.29) is 5.75 Å². The molecular weight excluding hydrogens is 242 g/mol. The molecule has 1 aromatic heterocycles. The Hall–Kier alpha value is -1.41. The summed E-state index contributed by atoms with van der Waals surface area (Å²) in [7, 11) is -1.61. The van der Waals surface area contributed by atoms with Crippen molar-refractivity contribution in [2.24, 2.45) is 5.14 Å². The average molecular weight is 259 g/mol. The minimum atomic E-state index is -3.38. The summed E-state index contributed by atoms with van der Waals surface area (Å²) in [5.74, 6) is 1.98. The van der Waals surface area contributed by atoms with E-state index < -0.39 is 10.0 Å². The third kappa shape index (κ3) is 5.45. The molecule has 1 rings (SSSR count). The second-order valence-electron chi connectivity index (χ2n) is 3.58. The molecule has 8 heteroatoms. The summed E-state index contributed by atoms with van der Waals surface area (Å²) in [6, 6.07) is 1.75. The van der Waals surface area contributed by atoms with Crippen molar-refractivity contribution in [2.75, 3.05) is 30.0 Å². The molecule has 0 aromatic carbocycles. The Bertz CT molecular complexity index is 474. The van der Waals surface area contributed by atoms with Crippen LogP contribution >= 0.6 is 0 Å². The maximum absolute atomic E-state index is 10.7. The number of anilines is 2. The Morgan fingerprint density at radius 2 is 2.00 bits per heavy atom. The van der Waals surface area contributed by atoms with Crippen LogP contribution in [0.25, 0.3) is 0 Å². The lowest BCUT2D eigenvalue weighted by atomic mass is 10.4. The molecule has 0 amide bonds. The molecule has 0 saturated carbocycles. The minimum Gasteiger partial charge on any atom is -0.373 e. The first-order chi connectivity index (χ1) is 7.90. The predicted octanol–water partition coefficient (Wildman–Crippen LogP) is -0.0828. The van der Waals surface area contributed by atoms with E-state index in [9.17, 15) is 8.42 Å². The largest absolute Gasteiger partial charge is 0.373 e. The van der Waals surface area contributed by atoms with E-state index in [1.807, 2.05) is 0 Å². The number of nitrogens with two attached hydrogens (primary N) is 1. The highest BCUT2D eigenvalue weighted by Gasteiger charge is 2.03. The zero-order valence-electron chi connectivity index (χ0n) is 9.90. The number of aryl methyl sites for hydroxylation is 1. The van der Waals surface area contributed by atoms with Crippen molar-refractivity contribution in [3.05, 3.63) is 11.9 Å². The molecule has 7 nitrogen and oxygen atoms in total. The van der Waals surface area contributed by atoms with E-state index >= 15 is 0 Å². The Labute approximate surface area is 101 Å². The van der Waals surface area contributed by atoms with Crippen molar-refractivity contribution < 1.29 is 8.42 Å². The van der Waals surface area contributed by atoms with Gasteiger partial charge in [-0.25, -0.2) is 23.5 Å². The first kappa shape index (κ1) is 13.7. The third-order valence-electron chi connectivity index (χ3n) is 2.01. The SMILES string of the molecule is CNc1cc(NCCCS(N)(=O)=O)nc(C)n1. The van der Waals surface area contributed by atoms with E-state index in [1.54, 1.807) is 20.0 Å². The molecule has 0 radical (unpaired) electrons. The Morgan fingerprint density at radius 3 is 2.59 bits per heavy atom. The summed E-state index contributed by atoms with van der Waals surface area (Å²) in [6.07, 6.45) is 0.441. The molecule has 0 unspecified atom stereocenters. The first-order valence-electron chi connectivity index (χ1n) is 5.18. The summed E-state index contributed by atoms with van der Waals surface area (Å²) in [6.45, 7) is 2.28. The van der Waals surface area contributed by atoms with Gasteiger partial charge in [0.1, 0.15) is 17.5 Å². The molecule has 0 aliphatic carbocycles. The number of hydrogen-bond donors (Lipinski definition) is 3. The van der Waals surface area contributed by atoms with Crippen LogP contribution in [-0.2, 0) is 10.0 Å². The van der Waals surface area contributed by atoms with Crippen LogP contribution in [0.5, 0.6) is 0 Å². The van der Waals surface area contributed by atoms with Crippen LogP contribution in [0.15, 0.2) is 6.07 Å². The van der Waals surface area contributed by atoms with Gasteiger partial charge in [-0.1, -0.05) is 0 Å². The highest BCUT2D eigenvalue weighted by molar-refractivity contribution is 7.89. The molecule has 0 bridgehead atoms. The van der Waals surface area contributed by atoms with Crippen LogP contribution in [0.3, 0.4) is 0 Å². The van der Waals surface area contributed by atoms with Gasteiger partial charge in [-0.15, -0.1) is 0 Å². The van der Waals surface area contributed by atoms with Gasteiger partial charge in [0.25, 0.3) is 0 Å². The smallest absolute Gasteiger partial charge is 0.209 e. The molecule has 17 heavy (non-hydrogen) atoms. The first-order valence-corrected chi connectivity index (χ1v) is 6.90. The van der Waals surface area contributed by atoms with E-state index in [2.05, 4.69) is 20.6 Å². The van der Waals surface area contributed by atoms with Gasteiger partial charge in [-0.2, -0.15) is 0 Å². The molecular formula is C9H17N5O2S. The zero-order chi connectivity index (χ0) is 12.9. The van der Waals surface area contributed by atoms with Crippen LogP contribution in [0.2, 0.25) is 0 Å². The fourth-order valence-corrected chi connectivity index (χ4v) is 1.82. The predicted molar refractivity (Wildman–Crippen MR) is 67.4 cm³/mol. The summed E-state index contributed by atoms with van der Waals surface area (Å²) >= 11 is 0. The summed E-state index contributed by atoms with van der Waals surface area (Å²) in [4.78, 5) is 8.31. The Morgan fingerprint density at radius 1 is 1.35 bits per heavy atom. The van der Waals surface area contributed by atoms with Gasteiger partial charge in [0.05, 0.1) is 5.75 Å². The number of aromatic nitrogens is 2. The Kier molecular flexibility index (Phi) is 4.64. The normalized spacial score (nSPS) is 11.2. The van der Waals surface area contributed by atoms with E-state index in [1.165, 1.54) is 0 Å². The number of primary sulfonamides is 1. The lowest BCUT2D eigenvalue weighted by Crippen LogP contribution is -2.19. The van der Waals surface area contributed by atoms with Crippen molar-refractivity contribution in [1.82, 2.24) is 9.97 Å². The number of rotatable bonds is 6. The van der Waals surface area contributed by atoms with Crippen molar-refractivity contribution >= 4 is 21.7 Å². The standard InChI is InChI=1S/C9H17N5O2S/c1-7-13-8(11-2)6-9(14-7)12-4-3-5-17(10,15)16/h6H,3-5H2,1-2H3,(H2,10,15,16)(H2,11,12,13,14). The molecule has 0 spiro atoms. The summed E-state index contributed by atoms with van der Waals surface area (Å²) in [5.41, 5.74) is 0. The molecule has 96 valence electrons. The Balaban J connectivity index is 2.49. The van der Waals surface area contributed by atoms with Gasteiger partial charge in [0.2, 0.25) is 10.0 Å². The second kappa shape index (κ2) is 5.78. The minimum absolute atomic E-state index is 0.0387. The molecule has 4 N–H and O–H groups in total. The molecule has 1 heterocycles. The lowest BCUT2D eigenvalue weighted by molar-refractivity contribution is 0.595. The van der Waals surface area contributed by atoms with Gasteiger partial charge in [0, 0.05) is 19.7 Å². The highest BCUT2D eigenvalue weighted by Crippen LogP contribution is 2.10. The molecule has 1 aromatic rings. The van der Waals surface area contributed by atoms with Crippen LogP contribution in [-0.4, -0.2) is 37.7 Å². The van der Waals surface area contributed by atoms with Crippen LogP contribution < -0.4 is 15.8 Å². The highest BCUT2D eigenvalue weighted by atomic mass is 32.2. The van der Waals surface area contributed by atoms with Gasteiger partial charge in [-0.05, 0) is 13.3 Å². The zero-order valence-corrected chi connectivity index (χ0v) is 10.7. The van der Waals surface area contributed by atoms with Crippen molar-refractivity contribution in [3.63, 3.8) is 0 Å². The summed E-state index contributed by atoms with van der Waals surface area (Å²) in [5, 5.41) is 10.8. The van der Waals surface area contributed by atoms with Gasteiger partial charge in [-0.3, -0.25) is 0 Å². The van der Waals surface area contributed by atoms with Crippen molar-refractivity contribution in [1.29, 1.82) is 0 Å². The maximum Gasteiger partial charge on any atom is 0.209 e. The number of nitrogens with zero attached hydrogens (tertiary/aromatic N) is 2. The average Bonchev–Trinajstić information content (AvgIpc) is 2.22. The van der Waals surface area contributed by atoms with Crippen molar-refractivity contribution in [3.8, 4) is 0 Å². The number of nitrogens with one attached hydrogen (secondary N) is 2. The number of hydrogen-bond acceptors (Lipinski definition) is 6. The van der Waals surface area contributed by atoms with Gasteiger partial charge < -0.3 is 10.6 Å². The molecule has 0 aliphatic heterocycles. The van der Waals surface area contributed by atoms with Crippen LogP contribution in [0.4, 0.5) is 11.6 Å². The van der Waals surface area contributed by atoms with E-state index in [0.29, 0.717) is 30.4 Å². The van der Waals surface area contributed by atoms with Gasteiger partial charge >= 0.3 is 0 Å².